The fourth-order valence-electron chi connectivity index (χ4n) is 5.46. The summed E-state index contributed by atoms with van der Waals surface area (Å²) in [6.07, 6.45) is 3.95. The molecule has 0 spiro atoms. The molecule has 0 saturated carbocycles. The van der Waals surface area contributed by atoms with Crippen molar-refractivity contribution in [2.45, 2.75) is 68.3 Å². The summed E-state index contributed by atoms with van der Waals surface area (Å²) in [5.74, 6) is 0.0194. The number of hydrogen-bond donors (Lipinski definition) is 3. The van der Waals surface area contributed by atoms with E-state index in [9.17, 15) is 15.0 Å². The summed E-state index contributed by atoms with van der Waals surface area (Å²) in [7, 11) is 1.73. The van der Waals surface area contributed by atoms with E-state index in [1.165, 1.54) is 5.56 Å². The number of carbonyl (C=O) groups excluding carboxylic acids is 1. The maximum Gasteiger partial charge on any atom is 0.271 e. The molecule has 7 nitrogen and oxygen atoms in total. The lowest BCUT2D eigenvalue weighted by Gasteiger charge is -2.50. The summed E-state index contributed by atoms with van der Waals surface area (Å²) in [5, 5.41) is 27.8. The first-order chi connectivity index (χ1) is 14.4. The Morgan fingerprint density at radius 2 is 2.07 bits per heavy atom. The average molecular weight is 414 g/mol. The summed E-state index contributed by atoms with van der Waals surface area (Å²) in [5.41, 5.74) is 0.283. The molecule has 1 aromatic heterocycles. The van der Waals surface area contributed by atoms with Gasteiger partial charge in [-0.2, -0.15) is 5.10 Å². The van der Waals surface area contributed by atoms with E-state index < -0.39 is 17.3 Å². The zero-order valence-electron chi connectivity index (χ0n) is 17.6. The number of nitrogens with zero attached hydrogens (tertiary/aromatic N) is 2. The van der Waals surface area contributed by atoms with E-state index in [0.717, 1.165) is 6.42 Å². The van der Waals surface area contributed by atoms with Crippen LogP contribution in [0.5, 0.6) is 0 Å². The standard InChI is InChI=1S/C23H31N3O4/c1-22-14-17(16-6-4-3-5-7-16)15-23(30-22,11-13-27)10-8-19(20(22)28)26(2)21(29)18-9-12-24-25-18/h3-7,9,12,17,19-20,27-28H,8,10-11,13-15H2,1-2H3,(H,24,25)/t17-,19+,20-,22+,23-/m1/s1. The third-order valence-electron chi connectivity index (χ3n) is 6.99. The number of nitrogens with one attached hydrogen (secondary N) is 1. The van der Waals surface area contributed by atoms with Crippen molar-refractivity contribution in [2.24, 2.45) is 0 Å². The van der Waals surface area contributed by atoms with Gasteiger partial charge in [0.2, 0.25) is 0 Å². The topological polar surface area (TPSA) is 98.7 Å². The summed E-state index contributed by atoms with van der Waals surface area (Å²) in [6, 6.07) is 11.6. The predicted molar refractivity (Wildman–Crippen MR) is 112 cm³/mol. The zero-order valence-corrected chi connectivity index (χ0v) is 17.6. The molecule has 2 saturated heterocycles. The first kappa shape index (κ1) is 21.0. The number of benzene rings is 1. The summed E-state index contributed by atoms with van der Waals surface area (Å²) < 4.78 is 6.61. The van der Waals surface area contributed by atoms with Gasteiger partial charge in [-0.25, -0.2) is 0 Å². The second-order valence-electron chi connectivity index (χ2n) is 9.02. The number of aromatic nitrogens is 2. The van der Waals surface area contributed by atoms with Crippen molar-refractivity contribution >= 4 is 5.91 Å². The number of H-pyrrole nitrogens is 1. The first-order valence-corrected chi connectivity index (χ1v) is 10.7. The fraction of sp³-hybridized carbons (Fsp3) is 0.565. The maximum atomic E-state index is 12.9. The Labute approximate surface area is 177 Å². The predicted octanol–water partition coefficient (Wildman–Crippen LogP) is 2.48. The van der Waals surface area contributed by atoms with Gasteiger partial charge in [0, 0.05) is 19.9 Å². The Kier molecular flexibility index (Phi) is 5.70. The number of rotatable bonds is 5. The van der Waals surface area contributed by atoms with E-state index in [2.05, 4.69) is 22.3 Å². The zero-order chi connectivity index (χ0) is 21.4. The summed E-state index contributed by atoms with van der Waals surface area (Å²) in [6.45, 7) is 1.98. The minimum Gasteiger partial charge on any atom is -0.396 e. The Bertz CT molecular complexity index is 859. The van der Waals surface area contributed by atoms with Crippen LogP contribution in [0.3, 0.4) is 0 Å². The van der Waals surface area contributed by atoms with Crippen LogP contribution in [-0.4, -0.2) is 68.2 Å². The SMILES string of the molecule is CN(C(=O)c1ccn[nH]1)[C@H]1CC[C@@]2(CCO)C[C@H](c3ccccc3)C[C@](C)(O2)[C@@H]1O. The minimum absolute atomic E-state index is 0.0290. The first-order valence-electron chi connectivity index (χ1n) is 10.7. The van der Waals surface area contributed by atoms with Gasteiger partial charge in [-0.05, 0) is 56.6 Å². The van der Waals surface area contributed by atoms with E-state index in [0.29, 0.717) is 31.4 Å². The normalized spacial score (nSPS) is 33.7. The van der Waals surface area contributed by atoms with E-state index in [4.69, 9.17) is 4.74 Å². The van der Waals surface area contributed by atoms with Gasteiger partial charge >= 0.3 is 0 Å². The van der Waals surface area contributed by atoms with Crippen LogP contribution in [0.4, 0.5) is 0 Å². The number of hydrogen-bond acceptors (Lipinski definition) is 5. The minimum atomic E-state index is -0.846. The van der Waals surface area contributed by atoms with Gasteiger partial charge in [0.05, 0.1) is 17.2 Å². The van der Waals surface area contributed by atoms with Crippen molar-refractivity contribution in [1.29, 1.82) is 0 Å². The highest BCUT2D eigenvalue weighted by Gasteiger charge is 2.55. The number of ether oxygens (including phenoxy) is 1. The van der Waals surface area contributed by atoms with Crippen LogP contribution in [0.1, 0.15) is 61.0 Å². The quantitative estimate of drug-likeness (QED) is 0.700. The summed E-state index contributed by atoms with van der Waals surface area (Å²) >= 11 is 0. The molecule has 2 aliphatic heterocycles. The highest BCUT2D eigenvalue weighted by atomic mass is 16.5. The molecule has 2 bridgehead atoms. The van der Waals surface area contributed by atoms with E-state index in [1.807, 2.05) is 25.1 Å². The maximum absolute atomic E-state index is 12.9. The number of amides is 1. The average Bonchev–Trinajstić information content (AvgIpc) is 3.26. The molecule has 1 amide bonds. The Hall–Kier alpha value is -2.22. The lowest BCUT2D eigenvalue weighted by atomic mass is 9.73. The van der Waals surface area contributed by atoms with Gasteiger partial charge in [-0.3, -0.25) is 9.89 Å². The highest BCUT2D eigenvalue weighted by Crippen LogP contribution is 2.51. The number of aliphatic hydroxyl groups is 2. The number of likely N-dealkylation sites (N-methyl/N-ethyl adjacent to an activating group) is 1. The second-order valence-corrected chi connectivity index (χ2v) is 9.02. The molecule has 3 N–H and O–H groups in total. The molecule has 1 aromatic carbocycles. The second kappa shape index (κ2) is 8.13. The molecule has 0 radical (unpaired) electrons. The molecule has 2 aromatic rings. The van der Waals surface area contributed by atoms with Crippen LogP contribution in [0.25, 0.3) is 0 Å². The molecule has 7 heteroatoms. The van der Waals surface area contributed by atoms with Crippen molar-refractivity contribution in [3.8, 4) is 0 Å². The van der Waals surface area contributed by atoms with Crippen molar-refractivity contribution in [3.63, 3.8) is 0 Å². The molecular weight excluding hydrogens is 382 g/mol. The lowest BCUT2D eigenvalue weighted by molar-refractivity contribution is -0.225. The molecule has 30 heavy (non-hydrogen) atoms. The fourth-order valence-corrected chi connectivity index (χ4v) is 5.46. The third kappa shape index (κ3) is 3.77. The number of fused-ring (bicyclic) bond motifs is 2. The third-order valence-corrected chi connectivity index (χ3v) is 6.99. The molecule has 3 heterocycles. The van der Waals surface area contributed by atoms with Crippen molar-refractivity contribution in [3.05, 3.63) is 53.9 Å². The molecule has 162 valence electrons. The van der Waals surface area contributed by atoms with Gasteiger partial charge in [0.15, 0.2) is 0 Å². The summed E-state index contributed by atoms with van der Waals surface area (Å²) in [4.78, 5) is 14.5. The van der Waals surface area contributed by atoms with E-state index in [-0.39, 0.29) is 24.5 Å². The molecule has 4 rings (SSSR count). The van der Waals surface area contributed by atoms with Gasteiger partial charge < -0.3 is 19.8 Å². The van der Waals surface area contributed by atoms with Crippen LogP contribution in [0.15, 0.2) is 42.6 Å². The number of aromatic amines is 1. The van der Waals surface area contributed by atoms with Gasteiger partial charge in [-0.1, -0.05) is 30.3 Å². The Balaban J connectivity index is 1.66. The van der Waals surface area contributed by atoms with Gasteiger partial charge in [0.25, 0.3) is 5.91 Å². The molecular formula is C23H31N3O4. The highest BCUT2D eigenvalue weighted by molar-refractivity contribution is 5.92. The lowest BCUT2D eigenvalue weighted by Crippen LogP contribution is -2.58. The van der Waals surface area contributed by atoms with Crippen LogP contribution in [0, 0.1) is 0 Å². The van der Waals surface area contributed by atoms with E-state index in [1.54, 1.807) is 24.2 Å². The monoisotopic (exact) mass is 413 g/mol. The molecule has 0 unspecified atom stereocenters. The van der Waals surface area contributed by atoms with Crippen LogP contribution in [0.2, 0.25) is 0 Å². The van der Waals surface area contributed by atoms with Crippen molar-refractivity contribution < 1.29 is 19.7 Å². The van der Waals surface area contributed by atoms with Gasteiger partial charge in [-0.15, -0.1) is 0 Å². The molecule has 0 aliphatic carbocycles. The van der Waals surface area contributed by atoms with Crippen molar-refractivity contribution in [2.75, 3.05) is 13.7 Å². The van der Waals surface area contributed by atoms with E-state index >= 15 is 0 Å². The Morgan fingerprint density at radius 3 is 2.73 bits per heavy atom. The molecule has 2 aliphatic rings. The molecule has 2 fully saturated rings. The van der Waals surface area contributed by atoms with Crippen molar-refractivity contribution in [1.82, 2.24) is 15.1 Å². The number of aliphatic hydroxyl groups excluding tert-OH is 2. The van der Waals surface area contributed by atoms with Crippen LogP contribution >= 0.6 is 0 Å². The Morgan fingerprint density at radius 1 is 1.30 bits per heavy atom. The number of carbonyl (C=O) groups is 1. The van der Waals surface area contributed by atoms with Crippen LogP contribution < -0.4 is 0 Å². The van der Waals surface area contributed by atoms with Crippen LogP contribution in [-0.2, 0) is 4.74 Å². The smallest absolute Gasteiger partial charge is 0.271 e. The van der Waals surface area contributed by atoms with Gasteiger partial charge in [0.1, 0.15) is 11.8 Å². The molecule has 5 atom stereocenters. The largest absolute Gasteiger partial charge is 0.396 e.